The van der Waals surface area contributed by atoms with Crippen molar-refractivity contribution in [3.05, 3.63) is 0 Å². The zero-order valence-electron chi connectivity index (χ0n) is 11.6. The smallest absolute Gasteiger partial charge is 0.317 e. The van der Waals surface area contributed by atoms with E-state index in [-0.39, 0.29) is 18.5 Å². The highest BCUT2D eigenvalue weighted by molar-refractivity contribution is 5.76. The van der Waals surface area contributed by atoms with Crippen LogP contribution < -0.4 is 5.32 Å². The molecule has 104 valence electrons. The maximum absolute atomic E-state index is 11.9. The number of urea groups is 1. The highest BCUT2D eigenvalue weighted by Gasteiger charge is 2.30. The van der Waals surface area contributed by atoms with E-state index in [2.05, 4.69) is 19.2 Å². The Morgan fingerprint density at radius 1 is 1.28 bits per heavy atom. The summed E-state index contributed by atoms with van der Waals surface area (Å²) in [7, 11) is 0. The third-order valence-electron chi connectivity index (χ3n) is 3.87. The Balaban J connectivity index is 2.44. The predicted octanol–water partition coefficient (Wildman–Crippen LogP) is 1.64. The summed E-state index contributed by atoms with van der Waals surface area (Å²) >= 11 is 0. The number of carbonyl (C=O) groups is 2. The predicted molar refractivity (Wildman–Crippen MR) is 69.3 cm³/mol. The largest absolute Gasteiger partial charge is 0.481 e. The fourth-order valence-electron chi connectivity index (χ4n) is 2.21. The average Bonchev–Trinajstić information content (AvgIpc) is 2.58. The topological polar surface area (TPSA) is 69.6 Å². The van der Waals surface area contributed by atoms with E-state index in [4.69, 9.17) is 5.11 Å². The van der Waals surface area contributed by atoms with Crippen LogP contribution in [0.3, 0.4) is 0 Å². The summed E-state index contributed by atoms with van der Waals surface area (Å²) in [5, 5.41) is 11.8. The molecule has 5 nitrogen and oxygen atoms in total. The number of carboxylic acid groups (broad SMARTS) is 1. The molecule has 5 heteroatoms. The molecule has 1 heterocycles. The van der Waals surface area contributed by atoms with E-state index in [1.165, 1.54) is 0 Å². The van der Waals surface area contributed by atoms with Gasteiger partial charge in [-0.1, -0.05) is 27.7 Å². The molecule has 2 amide bonds. The van der Waals surface area contributed by atoms with Gasteiger partial charge in [-0.15, -0.1) is 0 Å². The van der Waals surface area contributed by atoms with Gasteiger partial charge in [0, 0.05) is 19.6 Å². The minimum atomic E-state index is -0.853. The van der Waals surface area contributed by atoms with Crippen LogP contribution in [0.4, 0.5) is 4.79 Å². The minimum Gasteiger partial charge on any atom is -0.481 e. The molecule has 1 aliphatic rings. The van der Waals surface area contributed by atoms with Crippen molar-refractivity contribution in [2.75, 3.05) is 19.6 Å². The fourth-order valence-corrected chi connectivity index (χ4v) is 2.21. The molecule has 0 aromatic carbocycles. The van der Waals surface area contributed by atoms with Crippen molar-refractivity contribution in [1.82, 2.24) is 10.2 Å². The lowest BCUT2D eigenvalue weighted by molar-refractivity contribution is -0.142. The molecule has 0 radical (unpaired) electrons. The van der Waals surface area contributed by atoms with Crippen molar-refractivity contribution in [1.29, 1.82) is 0 Å². The Bertz CT molecular complexity index is 307. The van der Waals surface area contributed by atoms with Crippen LogP contribution in [-0.2, 0) is 4.79 Å². The number of hydrogen-bond donors (Lipinski definition) is 2. The van der Waals surface area contributed by atoms with Gasteiger partial charge in [-0.2, -0.15) is 0 Å². The van der Waals surface area contributed by atoms with Gasteiger partial charge >= 0.3 is 12.0 Å². The van der Waals surface area contributed by atoms with Crippen LogP contribution in [0.15, 0.2) is 0 Å². The lowest BCUT2D eigenvalue weighted by Crippen LogP contribution is -2.43. The average molecular weight is 256 g/mol. The van der Waals surface area contributed by atoms with Crippen molar-refractivity contribution in [2.45, 2.75) is 27.7 Å². The number of aliphatic carboxylic acids is 1. The SMILES string of the molecule is CC(C)C(CNC(=O)N1CC(C)C(C)C1)C(=O)O. The molecule has 18 heavy (non-hydrogen) atoms. The van der Waals surface area contributed by atoms with Crippen LogP contribution in [0.1, 0.15) is 27.7 Å². The second kappa shape index (κ2) is 6.07. The summed E-state index contributed by atoms with van der Waals surface area (Å²) in [5.41, 5.74) is 0. The van der Waals surface area contributed by atoms with Gasteiger partial charge in [-0.05, 0) is 17.8 Å². The zero-order chi connectivity index (χ0) is 13.9. The van der Waals surface area contributed by atoms with Gasteiger partial charge in [0.25, 0.3) is 0 Å². The van der Waals surface area contributed by atoms with Gasteiger partial charge in [0.2, 0.25) is 0 Å². The molecule has 1 rings (SSSR count). The van der Waals surface area contributed by atoms with Gasteiger partial charge < -0.3 is 15.3 Å². The Hall–Kier alpha value is -1.26. The summed E-state index contributed by atoms with van der Waals surface area (Å²) in [4.78, 5) is 24.7. The van der Waals surface area contributed by atoms with Gasteiger partial charge in [0.05, 0.1) is 5.92 Å². The normalized spacial score (nSPS) is 25.3. The third-order valence-corrected chi connectivity index (χ3v) is 3.87. The van der Waals surface area contributed by atoms with Gasteiger partial charge in [0.15, 0.2) is 0 Å². The highest BCUT2D eigenvalue weighted by atomic mass is 16.4. The second-order valence-corrected chi connectivity index (χ2v) is 5.73. The first kappa shape index (κ1) is 14.8. The highest BCUT2D eigenvalue weighted by Crippen LogP contribution is 2.21. The first-order valence-corrected chi connectivity index (χ1v) is 6.58. The summed E-state index contributed by atoms with van der Waals surface area (Å²) in [6, 6.07) is -0.141. The number of likely N-dealkylation sites (tertiary alicyclic amines) is 1. The van der Waals surface area contributed by atoms with Gasteiger partial charge in [-0.3, -0.25) is 4.79 Å². The summed E-state index contributed by atoms with van der Waals surface area (Å²) in [6.07, 6.45) is 0. The molecule has 2 N–H and O–H groups in total. The van der Waals surface area contributed by atoms with Crippen LogP contribution in [0.25, 0.3) is 0 Å². The molecule has 1 fully saturated rings. The first-order chi connectivity index (χ1) is 8.32. The maximum atomic E-state index is 11.9. The Kier molecular flexibility index (Phi) is 4.99. The van der Waals surface area contributed by atoms with E-state index in [1.807, 2.05) is 13.8 Å². The van der Waals surface area contributed by atoms with Crippen LogP contribution in [0.5, 0.6) is 0 Å². The molecule has 0 aliphatic carbocycles. The quantitative estimate of drug-likeness (QED) is 0.803. The fraction of sp³-hybridized carbons (Fsp3) is 0.846. The molecule has 1 aliphatic heterocycles. The number of nitrogens with zero attached hydrogens (tertiary/aromatic N) is 1. The first-order valence-electron chi connectivity index (χ1n) is 6.58. The van der Waals surface area contributed by atoms with E-state index in [9.17, 15) is 9.59 Å². The van der Waals surface area contributed by atoms with Crippen molar-refractivity contribution >= 4 is 12.0 Å². The Labute approximate surface area is 109 Å². The number of hydrogen-bond acceptors (Lipinski definition) is 2. The van der Waals surface area contributed by atoms with Gasteiger partial charge in [-0.25, -0.2) is 4.79 Å². The molecule has 0 spiro atoms. The maximum Gasteiger partial charge on any atom is 0.317 e. The molecule has 1 saturated heterocycles. The molecule has 0 saturated carbocycles. The van der Waals surface area contributed by atoms with Crippen molar-refractivity contribution in [3.63, 3.8) is 0 Å². The molecular weight excluding hydrogens is 232 g/mol. The molecule has 0 aromatic rings. The number of amides is 2. The van der Waals surface area contributed by atoms with Crippen molar-refractivity contribution in [2.24, 2.45) is 23.7 Å². The van der Waals surface area contributed by atoms with E-state index in [0.717, 1.165) is 13.1 Å². The molecule has 0 aromatic heterocycles. The summed E-state index contributed by atoms with van der Waals surface area (Å²) in [5.74, 6) is -0.341. The number of carbonyl (C=O) groups excluding carboxylic acids is 1. The lowest BCUT2D eigenvalue weighted by Gasteiger charge is -2.21. The van der Waals surface area contributed by atoms with Gasteiger partial charge in [0.1, 0.15) is 0 Å². The molecule has 3 atom stereocenters. The number of rotatable bonds is 4. The number of carboxylic acids is 1. The Morgan fingerprint density at radius 2 is 1.78 bits per heavy atom. The molecule has 3 unspecified atom stereocenters. The van der Waals surface area contributed by atoms with Crippen molar-refractivity contribution in [3.8, 4) is 0 Å². The molecular formula is C13H24N2O3. The van der Waals surface area contributed by atoms with E-state index < -0.39 is 11.9 Å². The Morgan fingerprint density at radius 3 is 2.17 bits per heavy atom. The van der Waals surface area contributed by atoms with Crippen LogP contribution in [0, 0.1) is 23.7 Å². The second-order valence-electron chi connectivity index (χ2n) is 5.73. The standard InChI is InChI=1S/C13H24N2O3/c1-8(2)11(12(16)17)5-14-13(18)15-6-9(3)10(4)7-15/h8-11H,5-7H2,1-4H3,(H,14,18)(H,16,17). The van der Waals surface area contributed by atoms with Crippen LogP contribution >= 0.6 is 0 Å². The molecule has 0 bridgehead atoms. The minimum absolute atomic E-state index is 0.0132. The van der Waals surface area contributed by atoms with Crippen LogP contribution in [-0.4, -0.2) is 41.6 Å². The number of nitrogens with one attached hydrogen (secondary N) is 1. The monoisotopic (exact) mass is 256 g/mol. The van der Waals surface area contributed by atoms with E-state index in [1.54, 1.807) is 4.90 Å². The zero-order valence-corrected chi connectivity index (χ0v) is 11.6. The van der Waals surface area contributed by atoms with E-state index in [0.29, 0.717) is 11.8 Å². The van der Waals surface area contributed by atoms with Crippen molar-refractivity contribution < 1.29 is 14.7 Å². The third kappa shape index (κ3) is 3.62. The summed E-state index contributed by atoms with van der Waals surface area (Å²) in [6.45, 7) is 9.68. The lowest BCUT2D eigenvalue weighted by atomic mass is 9.96. The van der Waals surface area contributed by atoms with Crippen LogP contribution in [0.2, 0.25) is 0 Å². The van der Waals surface area contributed by atoms with E-state index >= 15 is 0 Å². The summed E-state index contributed by atoms with van der Waals surface area (Å²) < 4.78 is 0.